The van der Waals surface area contributed by atoms with Crippen molar-refractivity contribution in [1.82, 2.24) is 4.98 Å². The minimum atomic E-state index is -0.308. The number of aliphatic hydroxyl groups is 1. The van der Waals surface area contributed by atoms with Crippen LogP contribution in [-0.4, -0.2) is 53.4 Å². The van der Waals surface area contributed by atoms with E-state index in [1.165, 1.54) is 14.2 Å². The van der Waals surface area contributed by atoms with Crippen molar-refractivity contribution in [2.24, 2.45) is 15.0 Å². The van der Waals surface area contributed by atoms with Crippen molar-refractivity contribution in [2.45, 2.75) is 60.3 Å². The van der Waals surface area contributed by atoms with Gasteiger partial charge >= 0.3 is 11.9 Å². The molecule has 9 nitrogen and oxygen atoms in total. The Kier molecular flexibility index (Phi) is 8.73. The fourth-order valence-electron chi connectivity index (χ4n) is 6.07. The van der Waals surface area contributed by atoms with Gasteiger partial charge < -0.3 is 19.6 Å². The van der Waals surface area contributed by atoms with Crippen molar-refractivity contribution >= 4 is 47.0 Å². The lowest BCUT2D eigenvalue weighted by Crippen LogP contribution is -2.27. The highest BCUT2D eigenvalue weighted by atomic mass is 16.5. The van der Waals surface area contributed by atoms with Crippen LogP contribution in [0.2, 0.25) is 0 Å². The quantitative estimate of drug-likeness (QED) is 0.407. The average molecular weight is 607 g/mol. The molecule has 0 atom stereocenters. The molecule has 0 fully saturated rings. The summed E-state index contributed by atoms with van der Waals surface area (Å²) in [4.78, 5) is 42.8. The van der Waals surface area contributed by atoms with E-state index in [4.69, 9.17) is 24.5 Å². The summed E-state index contributed by atoms with van der Waals surface area (Å²) in [6, 6.07) is 0. The first-order chi connectivity index (χ1) is 21.5. The Morgan fingerprint density at radius 1 is 0.800 bits per heavy atom. The zero-order valence-electron chi connectivity index (χ0n) is 26.8. The van der Waals surface area contributed by atoms with Gasteiger partial charge in [-0.2, -0.15) is 0 Å². The fraction of sp³-hybridized carbons (Fsp3) is 0.306. The van der Waals surface area contributed by atoms with Crippen LogP contribution in [0.4, 0.5) is 0 Å². The predicted molar refractivity (Wildman–Crippen MR) is 178 cm³/mol. The highest BCUT2D eigenvalue weighted by Gasteiger charge is 2.27. The Labute approximate surface area is 262 Å². The standard InChI is InChI=1S/C36H38N4O5/c1-9-23-18(2)28-16-33-36(22(6)41)21(5)29(40-33)14-26-19(3)24(10-12-34(42)44-7)31(38-26)17-32-25(11-13-35(43)45-8)20(4)27(39-32)15-30(23)37-28/h9,14-17,40-41H,1,10-13H2,2-8H3/b26-14?,30-15?,32-17?,33-16?,36-22+. The maximum absolute atomic E-state index is 12.2. The highest BCUT2D eigenvalue weighted by Crippen LogP contribution is 2.36. The van der Waals surface area contributed by atoms with Crippen molar-refractivity contribution in [2.75, 3.05) is 14.2 Å². The van der Waals surface area contributed by atoms with Gasteiger partial charge in [-0.05, 0) is 105 Å². The lowest BCUT2D eigenvalue weighted by molar-refractivity contribution is -0.141. The topological polar surface area (TPSA) is 126 Å². The molecule has 5 heterocycles. The Hall–Kier alpha value is -5.05. The van der Waals surface area contributed by atoms with Crippen LogP contribution < -0.4 is 10.6 Å². The first-order valence-electron chi connectivity index (χ1n) is 14.9. The van der Waals surface area contributed by atoms with Gasteiger partial charge in [0, 0.05) is 29.3 Å². The maximum Gasteiger partial charge on any atom is 0.305 e. The van der Waals surface area contributed by atoms with E-state index in [9.17, 15) is 14.7 Å². The molecule has 8 bridgehead atoms. The van der Waals surface area contributed by atoms with Gasteiger partial charge in [-0.15, -0.1) is 0 Å². The summed E-state index contributed by atoms with van der Waals surface area (Å²) in [5, 5.41) is 12.1. The molecule has 0 saturated heterocycles. The van der Waals surface area contributed by atoms with Crippen molar-refractivity contribution < 1.29 is 24.2 Å². The van der Waals surface area contributed by atoms with Gasteiger partial charge in [-0.1, -0.05) is 12.7 Å². The molecule has 1 aromatic rings. The van der Waals surface area contributed by atoms with Gasteiger partial charge in [0.15, 0.2) is 0 Å². The number of rotatable bonds is 7. The van der Waals surface area contributed by atoms with Crippen molar-refractivity contribution in [3.05, 3.63) is 97.2 Å². The molecule has 1 aromatic heterocycles. The lowest BCUT2D eigenvalue weighted by Gasteiger charge is -2.08. The highest BCUT2D eigenvalue weighted by molar-refractivity contribution is 6.24. The van der Waals surface area contributed by atoms with E-state index in [0.29, 0.717) is 29.5 Å². The Morgan fingerprint density at radius 3 is 2.00 bits per heavy atom. The summed E-state index contributed by atoms with van der Waals surface area (Å²) in [6.07, 6.45) is 10.8. The number of ether oxygens (including phenoxy) is 2. The number of aliphatic imine (C=N–C) groups is 3. The minimum Gasteiger partial charge on any atom is -0.512 e. The van der Waals surface area contributed by atoms with Crippen LogP contribution in [0.3, 0.4) is 0 Å². The number of aliphatic hydroxyl groups excluding tert-OH is 1. The molecule has 4 aliphatic heterocycles. The summed E-state index contributed by atoms with van der Waals surface area (Å²) >= 11 is 0. The number of carbonyl (C=O) groups is 2. The van der Waals surface area contributed by atoms with Gasteiger partial charge in [-0.25, -0.2) is 15.0 Å². The summed E-state index contributed by atoms with van der Waals surface area (Å²) < 4.78 is 9.86. The van der Waals surface area contributed by atoms with Crippen molar-refractivity contribution in [1.29, 1.82) is 0 Å². The molecule has 2 N–H and O–H groups in total. The van der Waals surface area contributed by atoms with E-state index in [2.05, 4.69) is 11.6 Å². The van der Waals surface area contributed by atoms with E-state index in [0.717, 1.165) is 72.9 Å². The monoisotopic (exact) mass is 606 g/mol. The number of nitrogens with zero attached hydrogens (tertiary/aromatic N) is 3. The zero-order valence-corrected chi connectivity index (χ0v) is 26.8. The number of aromatic amines is 1. The third kappa shape index (κ3) is 5.90. The van der Waals surface area contributed by atoms with Gasteiger partial charge in [0.05, 0.1) is 59.6 Å². The van der Waals surface area contributed by atoms with Crippen molar-refractivity contribution in [3.63, 3.8) is 0 Å². The maximum atomic E-state index is 12.2. The summed E-state index contributed by atoms with van der Waals surface area (Å²) in [6.45, 7) is 13.6. The molecule has 232 valence electrons. The first kappa shape index (κ1) is 31.4. The second-order valence-corrected chi connectivity index (χ2v) is 11.4. The average Bonchev–Trinajstić information content (AvgIpc) is 3.67. The molecule has 0 aromatic carbocycles. The largest absolute Gasteiger partial charge is 0.512 e. The van der Waals surface area contributed by atoms with Crippen molar-refractivity contribution in [3.8, 4) is 0 Å². The first-order valence-corrected chi connectivity index (χ1v) is 14.9. The molecule has 0 saturated carbocycles. The van der Waals surface area contributed by atoms with E-state index in [-0.39, 0.29) is 30.5 Å². The van der Waals surface area contributed by atoms with Crippen LogP contribution in [-0.2, 0) is 19.1 Å². The van der Waals surface area contributed by atoms with Crippen LogP contribution >= 0.6 is 0 Å². The van der Waals surface area contributed by atoms with Crippen LogP contribution in [0.15, 0.2) is 90.3 Å². The molecule has 4 aliphatic rings. The molecular formula is C36H38N4O5. The number of hydrogen-bond acceptors (Lipinski definition) is 8. The normalized spacial score (nSPS) is 18.1. The summed E-state index contributed by atoms with van der Waals surface area (Å²) in [5.41, 5.74) is 11.5. The zero-order chi connectivity index (χ0) is 32.6. The van der Waals surface area contributed by atoms with Gasteiger partial charge in [0.2, 0.25) is 0 Å². The molecule has 5 rings (SSSR count). The third-order valence-corrected chi connectivity index (χ3v) is 8.69. The minimum absolute atomic E-state index is 0.191. The van der Waals surface area contributed by atoms with E-state index >= 15 is 0 Å². The predicted octanol–water partition coefficient (Wildman–Crippen LogP) is 5.32. The number of hydrogen-bond donors (Lipinski definition) is 2. The number of nitrogens with one attached hydrogen (secondary N) is 1. The number of H-pyrrole nitrogens is 1. The molecular weight excluding hydrogens is 568 g/mol. The number of methoxy groups -OCH3 is 2. The molecule has 0 aliphatic carbocycles. The molecule has 0 unspecified atom stereocenters. The number of esters is 2. The Bertz CT molecular complexity index is 1960. The Balaban J connectivity index is 1.81. The van der Waals surface area contributed by atoms with E-state index in [1.54, 1.807) is 13.0 Å². The lowest BCUT2D eigenvalue weighted by atomic mass is 9.96. The molecule has 9 heteroatoms. The van der Waals surface area contributed by atoms with E-state index in [1.807, 2.05) is 52.0 Å². The molecule has 45 heavy (non-hydrogen) atoms. The van der Waals surface area contributed by atoms with Gasteiger partial charge in [0.25, 0.3) is 0 Å². The number of fused-ring (bicyclic) bond motifs is 5. The fourth-order valence-corrected chi connectivity index (χ4v) is 6.07. The van der Waals surface area contributed by atoms with E-state index < -0.39 is 0 Å². The number of aromatic nitrogens is 1. The van der Waals surface area contributed by atoms with Crippen LogP contribution in [0.25, 0.3) is 17.9 Å². The smallest absolute Gasteiger partial charge is 0.305 e. The molecule has 0 radical (unpaired) electrons. The van der Waals surface area contributed by atoms with Gasteiger partial charge in [0.1, 0.15) is 0 Å². The molecule has 0 spiro atoms. The second kappa shape index (κ2) is 12.5. The second-order valence-electron chi connectivity index (χ2n) is 11.4. The number of allylic oxidation sites excluding steroid dienone is 8. The van der Waals surface area contributed by atoms with Crippen LogP contribution in [0.5, 0.6) is 0 Å². The number of carbonyl (C=O) groups excluding carboxylic acids is 2. The Morgan fingerprint density at radius 2 is 1.38 bits per heavy atom. The summed E-state index contributed by atoms with van der Waals surface area (Å²) in [5.74, 6) is -0.422. The third-order valence-electron chi connectivity index (χ3n) is 8.69. The van der Waals surface area contributed by atoms with Crippen LogP contribution in [0, 0.1) is 6.92 Å². The SMILES string of the molecule is C=CC1=C(C)C2=NC1=CC1=NC(=CC3=NC(=Cc4[nH]c(/c(=C(\C)O)c4C)=C2)C(C)=C3CCC(=O)OC)C(CCC(=O)OC)=C1C. The summed E-state index contributed by atoms with van der Waals surface area (Å²) in [7, 11) is 2.76. The van der Waals surface area contributed by atoms with Crippen LogP contribution in [0.1, 0.15) is 64.6 Å². The molecule has 0 amide bonds. The van der Waals surface area contributed by atoms with Gasteiger partial charge in [-0.3, -0.25) is 9.59 Å².